The van der Waals surface area contributed by atoms with Crippen molar-refractivity contribution in [2.24, 2.45) is 5.92 Å². The number of methoxy groups -OCH3 is 1. The Labute approximate surface area is 150 Å². The lowest BCUT2D eigenvalue weighted by Gasteiger charge is -2.45. The predicted molar refractivity (Wildman–Crippen MR) is 97.1 cm³/mol. The smallest absolute Gasteiger partial charge is 0.211 e. The lowest BCUT2D eigenvalue weighted by Crippen LogP contribution is -2.60. The zero-order valence-corrected chi connectivity index (χ0v) is 15.8. The highest BCUT2D eigenvalue weighted by Crippen LogP contribution is 2.30. The average Bonchev–Trinajstić information content (AvgIpc) is 2.62. The molecule has 0 saturated carbocycles. The topological polar surface area (TPSA) is 67.9 Å². The number of benzene rings is 1. The average molecular weight is 368 g/mol. The van der Waals surface area contributed by atoms with E-state index >= 15 is 0 Å². The van der Waals surface area contributed by atoms with Crippen LogP contribution in [-0.4, -0.2) is 58.0 Å². The first-order valence-electron chi connectivity index (χ1n) is 8.97. The summed E-state index contributed by atoms with van der Waals surface area (Å²) in [5.74, 6) is 1.32. The Kier molecular flexibility index (Phi) is 5.99. The first-order chi connectivity index (χ1) is 12.0. The van der Waals surface area contributed by atoms with Gasteiger partial charge in [0.05, 0.1) is 25.0 Å². The van der Waals surface area contributed by atoms with Crippen molar-refractivity contribution >= 4 is 10.0 Å². The minimum absolute atomic E-state index is 0.0119. The van der Waals surface area contributed by atoms with E-state index in [4.69, 9.17) is 9.47 Å². The van der Waals surface area contributed by atoms with Gasteiger partial charge in [0, 0.05) is 26.2 Å². The summed E-state index contributed by atoms with van der Waals surface area (Å²) in [6.45, 7) is 4.81. The van der Waals surface area contributed by atoms with E-state index in [-0.39, 0.29) is 17.9 Å². The number of hydrogen-bond donors (Lipinski definition) is 1. The maximum Gasteiger partial charge on any atom is 0.211 e. The van der Waals surface area contributed by atoms with Crippen LogP contribution in [0.15, 0.2) is 24.3 Å². The molecule has 0 aliphatic carbocycles. The summed E-state index contributed by atoms with van der Waals surface area (Å²) in [5.41, 5.74) is 1.20. The van der Waals surface area contributed by atoms with Gasteiger partial charge in [-0.3, -0.25) is 4.90 Å². The standard InChI is InChI=1S/C18H28N2O4S/c1-3-25(21,22)19-17-13-20(12-15-5-4-10-24-18(15)17)11-14-6-8-16(23-2)9-7-14/h6-9,15,17-19H,3-5,10-13H2,1-2H3/t15-,17+,18-/m0/s1. The fourth-order valence-electron chi connectivity index (χ4n) is 3.83. The summed E-state index contributed by atoms with van der Waals surface area (Å²) < 4.78 is 38.2. The van der Waals surface area contributed by atoms with Gasteiger partial charge in [-0.2, -0.15) is 0 Å². The molecule has 1 aromatic rings. The number of piperidine rings is 1. The molecule has 0 aromatic heterocycles. The Morgan fingerprint density at radius 1 is 1.28 bits per heavy atom. The van der Waals surface area contributed by atoms with Gasteiger partial charge in [-0.1, -0.05) is 12.1 Å². The van der Waals surface area contributed by atoms with E-state index in [0.717, 1.165) is 38.3 Å². The minimum atomic E-state index is -3.25. The maximum absolute atomic E-state index is 12.1. The summed E-state index contributed by atoms with van der Waals surface area (Å²) in [6.07, 6.45) is 2.13. The highest BCUT2D eigenvalue weighted by Gasteiger charge is 2.40. The van der Waals surface area contributed by atoms with Crippen LogP contribution in [0.5, 0.6) is 5.75 Å². The fourth-order valence-corrected chi connectivity index (χ4v) is 4.67. The van der Waals surface area contributed by atoms with Crippen molar-refractivity contribution in [3.63, 3.8) is 0 Å². The van der Waals surface area contributed by atoms with Crippen LogP contribution in [0.2, 0.25) is 0 Å². The van der Waals surface area contributed by atoms with Crippen molar-refractivity contribution in [2.75, 3.05) is 32.6 Å². The Bertz CT molecular complexity index is 662. The monoisotopic (exact) mass is 368 g/mol. The molecule has 0 spiro atoms. The molecule has 2 heterocycles. The van der Waals surface area contributed by atoms with Gasteiger partial charge in [-0.25, -0.2) is 13.1 Å². The number of rotatable bonds is 6. The lowest BCUT2D eigenvalue weighted by atomic mass is 9.85. The predicted octanol–water partition coefficient (Wildman–Crippen LogP) is 1.61. The van der Waals surface area contributed by atoms with E-state index < -0.39 is 10.0 Å². The molecule has 7 heteroatoms. The van der Waals surface area contributed by atoms with E-state index in [1.54, 1.807) is 14.0 Å². The second kappa shape index (κ2) is 8.03. The molecule has 2 aliphatic heterocycles. The van der Waals surface area contributed by atoms with Crippen molar-refractivity contribution in [3.05, 3.63) is 29.8 Å². The van der Waals surface area contributed by atoms with Crippen molar-refractivity contribution in [1.82, 2.24) is 9.62 Å². The number of sulfonamides is 1. The number of nitrogens with one attached hydrogen (secondary N) is 1. The summed E-state index contributed by atoms with van der Waals surface area (Å²) in [5, 5.41) is 0. The molecular weight excluding hydrogens is 340 g/mol. The van der Waals surface area contributed by atoms with Gasteiger partial charge in [0.25, 0.3) is 0 Å². The lowest BCUT2D eigenvalue weighted by molar-refractivity contribution is -0.0823. The van der Waals surface area contributed by atoms with Gasteiger partial charge in [0.15, 0.2) is 0 Å². The molecular formula is C18H28N2O4S. The van der Waals surface area contributed by atoms with Crippen LogP contribution in [0.25, 0.3) is 0 Å². The summed E-state index contributed by atoms with van der Waals surface area (Å²) >= 11 is 0. The normalized spacial score (nSPS) is 27.7. The van der Waals surface area contributed by atoms with Crippen molar-refractivity contribution in [3.8, 4) is 5.75 Å². The van der Waals surface area contributed by atoms with Crippen LogP contribution >= 0.6 is 0 Å². The number of nitrogens with zero attached hydrogens (tertiary/aromatic N) is 1. The molecule has 1 N–H and O–H groups in total. The van der Waals surface area contributed by atoms with Crippen molar-refractivity contribution in [1.29, 1.82) is 0 Å². The number of ether oxygens (including phenoxy) is 2. The molecule has 2 saturated heterocycles. The Balaban J connectivity index is 1.71. The van der Waals surface area contributed by atoms with Gasteiger partial charge >= 0.3 is 0 Å². The third kappa shape index (κ3) is 4.73. The minimum Gasteiger partial charge on any atom is -0.497 e. The van der Waals surface area contributed by atoms with Gasteiger partial charge in [-0.05, 0) is 43.4 Å². The zero-order valence-electron chi connectivity index (χ0n) is 15.0. The highest BCUT2D eigenvalue weighted by atomic mass is 32.2. The molecule has 6 nitrogen and oxygen atoms in total. The molecule has 0 amide bonds. The molecule has 2 aliphatic rings. The number of hydrogen-bond acceptors (Lipinski definition) is 5. The van der Waals surface area contributed by atoms with Crippen LogP contribution < -0.4 is 9.46 Å². The SMILES string of the molecule is CCS(=O)(=O)N[C@@H]1CN(Cc2ccc(OC)cc2)C[C@@H]2CCCO[C@@H]21. The van der Waals surface area contributed by atoms with Crippen LogP contribution in [0, 0.1) is 5.92 Å². The number of likely N-dealkylation sites (tertiary alicyclic amines) is 1. The molecule has 25 heavy (non-hydrogen) atoms. The summed E-state index contributed by atoms with van der Waals surface area (Å²) in [6, 6.07) is 7.87. The second-order valence-electron chi connectivity index (χ2n) is 6.91. The molecule has 0 radical (unpaired) electrons. The van der Waals surface area contributed by atoms with Gasteiger partial charge < -0.3 is 9.47 Å². The van der Waals surface area contributed by atoms with E-state index in [0.29, 0.717) is 12.5 Å². The zero-order chi connectivity index (χ0) is 17.9. The first-order valence-corrected chi connectivity index (χ1v) is 10.6. The van der Waals surface area contributed by atoms with Crippen LogP contribution in [0.3, 0.4) is 0 Å². The van der Waals surface area contributed by atoms with E-state index in [1.165, 1.54) is 5.56 Å². The van der Waals surface area contributed by atoms with Gasteiger partial charge in [-0.15, -0.1) is 0 Å². The fraction of sp³-hybridized carbons (Fsp3) is 0.667. The third-order valence-corrected chi connectivity index (χ3v) is 6.54. The first kappa shape index (κ1) is 18.6. The Morgan fingerprint density at radius 3 is 2.72 bits per heavy atom. The molecule has 0 unspecified atom stereocenters. The summed E-state index contributed by atoms with van der Waals surface area (Å²) in [7, 11) is -1.59. The van der Waals surface area contributed by atoms with Crippen LogP contribution in [-0.2, 0) is 21.3 Å². The van der Waals surface area contributed by atoms with Crippen LogP contribution in [0.4, 0.5) is 0 Å². The van der Waals surface area contributed by atoms with Crippen molar-refractivity contribution in [2.45, 2.75) is 38.5 Å². The number of fused-ring (bicyclic) bond motifs is 1. The molecule has 0 bridgehead atoms. The molecule has 140 valence electrons. The van der Waals surface area contributed by atoms with Crippen molar-refractivity contribution < 1.29 is 17.9 Å². The molecule has 3 atom stereocenters. The maximum atomic E-state index is 12.1. The van der Waals surface area contributed by atoms with E-state index in [9.17, 15) is 8.42 Å². The van der Waals surface area contributed by atoms with Crippen LogP contribution in [0.1, 0.15) is 25.3 Å². The molecule has 3 rings (SSSR count). The Hall–Kier alpha value is -1.15. The quantitative estimate of drug-likeness (QED) is 0.826. The van der Waals surface area contributed by atoms with E-state index in [1.807, 2.05) is 12.1 Å². The highest BCUT2D eigenvalue weighted by molar-refractivity contribution is 7.89. The second-order valence-corrected chi connectivity index (χ2v) is 8.95. The molecule has 2 fully saturated rings. The third-order valence-electron chi connectivity index (χ3n) is 5.11. The Morgan fingerprint density at radius 2 is 2.04 bits per heavy atom. The van der Waals surface area contributed by atoms with Gasteiger partial charge in [0.1, 0.15) is 5.75 Å². The largest absolute Gasteiger partial charge is 0.497 e. The molecule has 1 aromatic carbocycles. The summed E-state index contributed by atoms with van der Waals surface area (Å²) in [4.78, 5) is 2.33. The van der Waals surface area contributed by atoms with Gasteiger partial charge in [0.2, 0.25) is 10.0 Å². The van der Waals surface area contributed by atoms with E-state index in [2.05, 4.69) is 21.8 Å².